The number of benzene rings is 2. The number of H-pyrrole nitrogens is 2. The van der Waals surface area contributed by atoms with Crippen molar-refractivity contribution in [3.63, 3.8) is 0 Å². The Morgan fingerprint density at radius 1 is 0.717 bits per heavy atom. The van der Waals surface area contributed by atoms with Gasteiger partial charge in [0.1, 0.15) is 10.3 Å². The quantitative estimate of drug-likeness (QED) is 0.153. The van der Waals surface area contributed by atoms with Crippen LogP contribution in [0.4, 0.5) is 17.5 Å². The van der Waals surface area contributed by atoms with E-state index in [4.69, 9.17) is 17.2 Å². The molecule has 0 fully saturated rings. The number of ether oxygens (including phenoxy) is 1. The fourth-order valence-corrected chi connectivity index (χ4v) is 5.16. The van der Waals surface area contributed by atoms with Gasteiger partial charge in [-0.2, -0.15) is 0 Å². The number of esters is 1. The maximum atomic E-state index is 11.2. The van der Waals surface area contributed by atoms with Gasteiger partial charge in [0.25, 0.3) is 0 Å². The zero-order valence-electron chi connectivity index (χ0n) is 28.4. The predicted octanol–water partition coefficient (Wildman–Crippen LogP) is 4.58. The van der Waals surface area contributed by atoms with Crippen molar-refractivity contribution in [2.45, 2.75) is 13.8 Å². The first-order valence-corrected chi connectivity index (χ1v) is 16.5. The van der Waals surface area contributed by atoms with E-state index in [1.807, 2.05) is 50.2 Å². The Morgan fingerprint density at radius 2 is 1.26 bits per heavy atom. The highest BCUT2D eigenvalue weighted by molar-refractivity contribution is 9.10. The molecule has 0 saturated heterocycles. The van der Waals surface area contributed by atoms with Gasteiger partial charge in [-0.1, -0.05) is 12.1 Å². The van der Waals surface area contributed by atoms with Gasteiger partial charge >= 0.3 is 5.97 Å². The molecule has 0 amide bonds. The van der Waals surface area contributed by atoms with Crippen LogP contribution in [0.15, 0.2) is 95.1 Å². The minimum atomic E-state index is -0.574. The molecule has 8 rings (SSSR count). The number of nitrogens with zero attached hydrogens (tertiary/aromatic N) is 9. The van der Waals surface area contributed by atoms with Crippen LogP contribution in [-0.2, 0) is 4.74 Å². The van der Waals surface area contributed by atoms with Gasteiger partial charge < -0.3 is 36.5 Å². The summed E-state index contributed by atoms with van der Waals surface area (Å²) in [6.07, 6.45) is 9.16. The van der Waals surface area contributed by atoms with E-state index < -0.39 is 5.97 Å². The van der Waals surface area contributed by atoms with Gasteiger partial charge in [0.2, 0.25) is 0 Å². The molecule has 2 aromatic carbocycles. The molecule has 8 N–H and O–H groups in total. The highest BCUT2D eigenvalue weighted by atomic mass is 79.9. The number of carbonyl (C=O) groups is 1. The minimum Gasteiger partial charge on any atom is -0.464 e. The Bertz CT molecular complexity index is 2630. The number of anilines is 3. The zero-order chi connectivity index (χ0) is 37.6. The fraction of sp³-hybridized carbons (Fsp3) is 0.0857. The third kappa shape index (κ3) is 8.29. The first-order valence-electron chi connectivity index (χ1n) is 15.7. The van der Waals surface area contributed by atoms with E-state index in [1.165, 1.54) is 37.2 Å². The number of hydrogen-bond acceptors (Lipinski definition) is 14. The van der Waals surface area contributed by atoms with Crippen LogP contribution in [0.1, 0.15) is 21.6 Å². The second kappa shape index (κ2) is 15.4. The predicted molar refractivity (Wildman–Crippen MR) is 204 cm³/mol. The van der Waals surface area contributed by atoms with E-state index in [9.17, 15) is 9.59 Å². The molecule has 0 aliphatic rings. The monoisotopic (exact) mass is 774 g/mol. The van der Waals surface area contributed by atoms with Crippen LogP contribution < -0.4 is 22.6 Å². The molecule has 18 heteroatoms. The molecule has 0 bridgehead atoms. The number of imidazole rings is 2. The molecule has 8 aromatic rings. The second-order valence-corrected chi connectivity index (χ2v) is 12.1. The molecule has 0 atom stereocenters. The molecule has 0 aliphatic carbocycles. The molecule has 0 saturated carbocycles. The van der Waals surface area contributed by atoms with Crippen molar-refractivity contribution in [1.82, 2.24) is 54.4 Å². The maximum Gasteiger partial charge on any atom is 0.360 e. The number of nitrogen functional groups attached to an aromatic ring is 3. The van der Waals surface area contributed by atoms with Crippen LogP contribution in [0.5, 0.6) is 0 Å². The molecule has 6 aromatic heterocycles. The molecule has 0 unspecified atom stereocenters. The van der Waals surface area contributed by atoms with Crippen molar-refractivity contribution in [3.05, 3.63) is 117 Å². The lowest BCUT2D eigenvalue weighted by molar-refractivity contribution is 0.0595. The highest BCUT2D eigenvalue weighted by Crippen LogP contribution is 2.25. The molecule has 53 heavy (non-hydrogen) atoms. The number of halogens is 1. The first kappa shape index (κ1) is 35.7. The number of aryl methyl sites for hydroxylation is 2. The van der Waals surface area contributed by atoms with Crippen LogP contribution in [-0.4, -0.2) is 67.5 Å². The number of rotatable bonds is 4. The number of nitrogens with two attached hydrogens (primary N) is 3. The first-order chi connectivity index (χ1) is 25.5. The molecule has 0 radical (unpaired) electrons. The number of aromatic nitrogens is 11. The van der Waals surface area contributed by atoms with E-state index in [0.717, 1.165) is 27.6 Å². The Balaban J connectivity index is 0.000000146. The van der Waals surface area contributed by atoms with E-state index in [1.54, 1.807) is 29.4 Å². The van der Waals surface area contributed by atoms with Crippen LogP contribution in [0, 0.1) is 13.8 Å². The molecular weight excluding hydrogens is 744 g/mol. The average molecular weight is 776 g/mol. The van der Waals surface area contributed by atoms with Crippen molar-refractivity contribution in [1.29, 1.82) is 0 Å². The molecule has 0 aliphatic heterocycles. The second-order valence-electron chi connectivity index (χ2n) is 11.3. The van der Waals surface area contributed by atoms with Crippen molar-refractivity contribution >= 4 is 61.4 Å². The molecule has 17 nitrogen and oxygen atoms in total. The lowest BCUT2D eigenvalue weighted by Crippen LogP contribution is -2.09. The van der Waals surface area contributed by atoms with E-state index in [0.29, 0.717) is 39.3 Å². The summed E-state index contributed by atoms with van der Waals surface area (Å²) in [5, 5.41) is 0. The summed E-state index contributed by atoms with van der Waals surface area (Å²) in [5.74, 6) is 1.89. The lowest BCUT2D eigenvalue weighted by Gasteiger charge is -2.07. The third-order valence-electron chi connectivity index (χ3n) is 7.45. The Labute approximate surface area is 308 Å². The Kier molecular flexibility index (Phi) is 10.4. The smallest absolute Gasteiger partial charge is 0.360 e. The number of pyridine rings is 1. The maximum absolute atomic E-state index is 11.2. The number of hydrogen-bond donors (Lipinski definition) is 5. The normalized spacial score (nSPS) is 10.6. The SMILES string of the molecule is COC(=O)c1nccnc1N.Cc1ccc2nc(-c3nc(-n4ccc(=O)cc4)cnc3N)[nH]c2c1.Cc1ccc2nc(-c3nc(Br)cnc3N)[nH]c2c1. The lowest BCUT2D eigenvalue weighted by atomic mass is 10.2. The van der Waals surface area contributed by atoms with Crippen LogP contribution >= 0.6 is 15.9 Å². The van der Waals surface area contributed by atoms with Gasteiger partial charge in [-0.3, -0.25) is 4.79 Å². The number of methoxy groups -OCH3 is 1. The minimum absolute atomic E-state index is 0.0509. The van der Waals surface area contributed by atoms with E-state index in [-0.39, 0.29) is 22.8 Å². The summed E-state index contributed by atoms with van der Waals surface area (Å²) in [7, 11) is 1.26. The topological polar surface area (TPSA) is 261 Å². The molecular formula is C35H31BrN14O3. The molecule has 6 heterocycles. The molecule has 0 spiro atoms. The number of nitrogens with one attached hydrogen (secondary N) is 2. The van der Waals surface area contributed by atoms with Crippen LogP contribution in [0.25, 0.3) is 50.9 Å². The summed E-state index contributed by atoms with van der Waals surface area (Å²) in [6.45, 7) is 4.05. The van der Waals surface area contributed by atoms with E-state index in [2.05, 4.69) is 70.5 Å². The number of carbonyl (C=O) groups excluding carboxylic acids is 1. The highest BCUT2D eigenvalue weighted by Gasteiger charge is 2.14. The van der Waals surface area contributed by atoms with Crippen molar-refractivity contribution < 1.29 is 9.53 Å². The molecule has 266 valence electrons. The van der Waals surface area contributed by atoms with Gasteiger partial charge in [0.15, 0.2) is 51.7 Å². The van der Waals surface area contributed by atoms with Gasteiger partial charge in [-0.15, -0.1) is 0 Å². The van der Waals surface area contributed by atoms with Crippen LogP contribution in [0.2, 0.25) is 0 Å². The summed E-state index contributed by atoms with van der Waals surface area (Å²) >= 11 is 3.28. The standard InChI is InChI=1S/C17H14N6O.C12H10BrN5.C6H7N3O2/c1-10-2-3-12-13(8-10)21-17(20-12)15-16(18)19-9-14(22-15)23-6-4-11(24)5-7-23;1-6-2-3-7-8(4-6)17-12(16-7)10-11(14)15-5-9(13)18-10;1-11-6(10)4-5(7)9-3-2-8-4/h2-9H,1H3,(H2,18,19)(H,20,21);2-5H,1H3,(H2,14,15)(H,16,17);2-3H,1H3,(H2,7,9). The van der Waals surface area contributed by atoms with Gasteiger partial charge in [0.05, 0.1) is 41.6 Å². The third-order valence-corrected chi connectivity index (χ3v) is 7.83. The summed E-state index contributed by atoms with van der Waals surface area (Å²) in [4.78, 5) is 61.9. The fourth-order valence-electron chi connectivity index (χ4n) is 4.88. The average Bonchev–Trinajstić information content (AvgIpc) is 3.77. The van der Waals surface area contributed by atoms with Gasteiger partial charge in [-0.25, -0.2) is 44.7 Å². The zero-order valence-corrected chi connectivity index (χ0v) is 30.0. The van der Waals surface area contributed by atoms with Crippen molar-refractivity contribution in [2.75, 3.05) is 24.3 Å². The Hall–Kier alpha value is -7.08. The summed E-state index contributed by atoms with van der Waals surface area (Å²) < 4.78 is 6.72. The number of aromatic amines is 2. The summed E-state index contributed by atoms with van der Waals surface area (Å²) in [5.41, 5.74) is 24.0. The number of fused-ring (bicyclic) bond motifs is 2. The van der Waals surface area contributed by atoms with Crippen molar-refractivity contribution in [3.8, 4) is 28.9 Å². The van der Waals surface area contributed by atoms with Gasteiger partial charge in [0, 0.05) is 36.9 Å². The summed E-state index contributed by atoms with van der Waals surface area (Å²) in [6, 6.07) is 14.9. The largest absolute Gasteiger partial charge is 0.464 e. The Morgan fingerprint density at radius 3 is 1.83 bits per heavy atom. The van der Waals surface area contributed by atoms with Crippen LogP contribution in [0.3, 0.4) is 0 Å². The van der Waals surface area contributed by atoms with Gasteiger partial charge in [-0.05, 0) is 65.2 Å². The van der Waals surface area contributed by atoms with Crippen molar-refractivity contribution in [2.24, 2.45) is 0 Å². The van der Waals surface area contributed by atoms with E-state index >= 15 is 0 Å².